The summed E-state index contributed by atoms with van der Waals surface area (Å²) < 4.78 is 0. The maximum absolute atomic E-state index is 12.2. The fraction of sp³-hybridized carbons (Fsp3) is 0.471. The Morgan fingerprint density at radius 1 is 1.42 bits per heavy atom. The second-order valence-corrected chi connectivity index (χ2v) is 6.53. The summed E-state index contributed by atoms with van der Waals surface area (Å²) >= 11 is 0. The molecule has 0 spiro atoms. The third-order valence-electron chi connectivity index (χ3n) is 4.68. The Morgan fingerprint density at radius 2 is 2.17 bits per heavy atom. The second kappa shape index (κ2) is 5.90. The van der Waals surface area contributed by atoms with Crippen molar-refractivity contribution >= 4 is 22.8 Å². The summed E-state index contributed by atoms with van der Waals surface area (Å²) in [6, 6.07) is 0. The molecule has 2 aromatic heterocycles. The van der Waals surface area contributed by atoms with Crippen molar-refractivity contribution in [1.82, 2.24) is 25.2 Å². The molecule has 1 amide bonds. The fourth-order valence-electron chi connectivity index (χ4n) is 3.13. The molecule has 1 aliphatic carbocycles. The summed E-state index contributed by atoms with van der Waals surface area (Å²) in [7, 11) is 0. The third kappa shape index (κ3) is 2.75. The molecule has 126 valence electrons. The molecule has 4 rings (SSSR count). The van der Waals surface area contributed by atoms with E-state index in [2.05, 4.69) is 26.8 Å². The van der Waals surface area contributed by atoms with Crippen LogP contribution in [0, 0.1) is 0 Å². The zero-order chi connectivity index (χ0) is 16.7. The molecule has 0 radical (unpaired) electrons. The average Bonchev–Trinajstić information content (AvgIpc) is 3.12. The quantitative estimate of drug-likeness (QED) is 0.721. The van der Waals surface area contributed by atoms with E-state index in [-0.39, 0.29) is 5.91 Å². The molecule has 1 atom stereocenters. The minimum absolute atomic E-state index is 0.307. The summed E-state index contributed by atoms with van der Waals surface area (Å²) in [4.78, 5) is 26.0. The number of carbonyl (C=O) groups is 1. The van der Waals surface area contributed by atoms with Crippen molar-refractivity contribution in [2.45, 2.75) is 37.8 Å². The van der Waals surface area contributed by atoms with E-state index in [4.69, 9.17) is 0 Å². The van der Waals surface area contributed by atoms with Crippen molar-refractivity contribution in [3.8, 4) is 0 Å². The molecule has 3 N–H and O–H groups in total. The summed E-state index contributed by atoms with van der Waals surface area (Å²) in [5, 5.41) is 13.0. The number of fused-ring (bicyclic) bond motifs is 1. The van der Waals surface area contributed by atoms with Gasteiger partial charge in [0.2, 0.25) is 6.23 Å². The first-order chi connectivity index (χ1) is 11.6. The summed E-state index contributed by atoms with van der Waals surface area (Å²) in [5.74, 6) is 0.200. The zero-order valence-electron chi connectivity index (χ0n) is 13.5. The van der Waals surface area contributed by atoms with Gasteiger partial charge in [0, 0.05) is 36.5 Å². The van der Waals surface area contributed by atoms with Crippen molar-refractivity contribution in [3.63, 3.8) is 0 Å². The SMILES string of the molecule is C=C(NC(O)C(=O)N1CCCC1)c1c[nH]c2ncc(C3CC3)nc12. The highest BCUT2D eigenvalue weighted by Gasteiger charge is 2.27. The zero-order valence-corrected chi connectivity index (χ0v) is 13.5. The number of aliphatic hydroxyl groups is 1. The van der Waals surface area contributed by atoms with Gasteiger partial charge in [-0.1, -0.05) is 6.58 Å². The van der Waals surface area contributed by atoms with Crippen LogP contribution in [0.1, 0.15) is 42.9 Å². The Balaban J connectivity index is 1.52. The van der Waals surface area contributed by atoms with Crippen molar-refractivity contribution < 1.29 is 9.90 Å². The van der Waals surface area contributed by atoms with Gasteiger partial charge in [0.1, 0.15) is 5.52 Å². The lowest BCUT2D eigenvalue weighted by Crippen LogP contribution is -2.44. The Kier molecular flexibility index (Phi) is 3.72. The maximum Gasteiger partial charge on any atom is 0.272 e. The lowest BCUT2D eigenvalue weighted by atomic mass is 10.2. The van der Waals surface area contributed by atoms with Gasteiger partial charge in [-0.25, -0.2) is 9.97 Å². The number of carbonyl (C=O) groups excluding carboxylic acids is 1. The molecule has 1 saturated carbocycles. The lowest BCUT2D eigenvalue weighted by Gasteiger charge is -2.21. The van der Waals surface area contributed by atoms with E-state index in [0.29, 0.717) is 30.4 Å². The second-order valence-electron chi connectivity index (χ2n) is 6.53. The van der Waals surface area contributed by atoms with Crippen LogP contribution in [0.4, 0.5) is 0 Å². The first kappa shape index (κ1) is 15.1. The highest BCUT2D eigenvalue weighted by Crippen LogP contribution is 2.39. The Bertz CT molecular complexity index is 789. The Hall–Kier alpha value is -2.41. The highest BCUT2D eigenvalue weighted by molar-refractivity contribution is 5.88. The van der Waals surface area contributed by atoms with Crippen molar-refractivity contribution in [2.24, 2.45) is 0 Å². The number of nitrogens with zero attached hydrogens (tertiary/aromatic N) is 3. The number of H-pyrrole nitrogens is 1. The maximum atomic E-state index is 12.2. The summed E-state index contributed by atoms with van der Waals surface area (Å²) in [5.41, 5.74) is 3.58. The van der Waals surface area contributed by atoms with Crippen LogP contribution in [-0.4, -0.2) is 50.2 Å². The van der Waals surface area contributed by atoms with Gasteiger partial charge in [-0.3, -0.25) is 4.79 Å². The van der Waals surface area contributed by atoms with Crippen LogP contribution in [0.15, 0.2) is 19.0 Å². The van der Waals surface area contributed by atoms with Crippen LogP contribution in [0.2, 0.25) is 0 Å². The molecule has 0 bridgehead atoms. The predicted molar refractivity (Wildman–Crippen MR) is 89.9 cm³/mol. The van der Waals surface area contributed by atoms with E-state index in [1.807, 2.05) is 6.20 Å². The number of aromatic amines is 1. The molecular weight excluding hydrogens is 306 g/mol. The van der Waals surface area contributed by atoms with Crippen molar-refractivity contribution in [2.75, 3.05) is 13.1 Å². The van der Waals surface area contributed by atoms with Gasteiger partial charge in [-0.05, 0) is 25.7 Å². The molecule has 0 aromatic carbocycles. The van der Waals surface area contributed by atoms with E-state index in [9.17, 15) is 9.90 Å². The molecule has 1 aliphatic heterocycles. The third-order valence-corrected chi connectivity index (χ3v) is 4.68. The number of aliphatic hydroxyl groups excluding tert-OH is 1. The van der Waals surface area contributed by atoms with Gasteiger partial charge in [-0.15, -0.1) is 0 Å². The van der Waals surface area contributed by atoms with Crippen molar-refractivity contribution in [1.29, 1.82) is 0 Å². The first-order valence-corrected chi connectivity index (χ1v) is 8.40. The molecule has 2 fully saturated rings. The number of hydrogen-bond acceptors (Lipinski definition) is 5. The Labute approximate surface area is 139 Å². The fourth-order valence-corrected chi connectivity index (χ4v) is 3.13. The van der Waals surface area contributed by atoms with E-state index < -0.39 is 6.23 Å². The van der Waals surface area contributed by atoms with Gasteiger partial charge in [0.25, 0.3) is 5.91 Å². The van der Waals surface area contributed by atoms with E-state index in [0.717, 1.165) is 42.5 Å². The van der Waals surface area contributed by atoms with Crippen LogP contribution in [0.25, 0.3) is 16.9 Å². The standard InChI is InChI=1S/C17H21N5O2/c1-10(20-16(23)17(24)22-6-2-3-7-22)12-8-18-15-14(12)21-13(9-19-15)11-4-5-11/h8-9,11,16,20,23H,1-7H2,(H,18,19). The van der Waals surface area contributed by atoms with Gasteiger partial charge in [-0.2, -0.15) is 0 Å². The molecule has 1 unspecified atom stereocenters. The van der Waals surface area contributed by atoms with Crippen LogP contribution < -0.4 is 5.32 Å². The largest absolute Gasteiger partial charge is 0.366 e. The average molecular weight is 327 g/mol. The van der Waals surface area contributed by atoms with Crippen LogP contribution in [0.5, 0.6) is 0 Å². The van der Waals surface area contributed by atoms with E-state index in [1.54, 1.807) is 11.1 Å². The molecular formula is C17H21N5O2. The van der Waals surface area contributed by atoms with Gasteiger partial charge in [0.05, 0.1) is 11.9 Å². The van der Waals surface area contributed by atoms with E-state index in [1.165, 1.54) is 0 Å². The molecule has 2 aliphatic rings. The number of hydrogen-bond donors (Lipinski definition) is 3. The summed E-state index contributed by atoms with van der Waals surface area (Å²) in [6.45, 7) is 5.36. The number of rotatable bonds is 5. The molecule has 1 saturated heterocycles. The van der Waals surface area contributed by atoms with Gasteiger partial charge in [0.15, 0.2) is 5.65 Å². The summed E-state index contributed by atoms with van der Waals surface area (Å²) in [6.07, 6.45) is 6.55. The Morgan fingerprint density at radius 3 is 2.88 bits per heavy atom. The van der Waals surface area contributed by atoms with Crippen LogP contribution >= 0.6 is 0 Å². The van der Waals surface area contributed by atoms with Crippen LogP contribution in [-0.2, 0) is 4.79 Å². The first-order valence-electron chi connectivity index (χ1n) is 8.40. The number of amides is 1. The number of nitrogens with one attached hydrogen (secondary N) is 2. The highest BCUT2D eigenvalue weighted by atomic mass is 16.3. The number of likely N-dealkylation sites (tertiary alicyclic amines) is 1. The van der Waals surface area contributed by atoms with Gasteiger partial charge >= 0.3 is 0 Å². The molecule has 7 nitrogen and oxygen atoms in total. The predicted octanol–water partition coefficient (Wildman–Crippen LogP) is 1.34. The molecule has 7 heteroatoms. The van der Waals surface area contributed by atoms with Crippen LogP contribution in [0.3, 0.4) is 0 Å². The minimum atomic E-state index is -1.29. The molecule has 24 heavy (non-hydrogen) atoms. The molecule has 2 aromatic rings. The van der Waals surface area contributed by atoms with Gasteiger partial charge < -0.3 is 20.3 Å². The monoisotopic (exact) mass is 327 g/mol. The van der Waals surface area contributed by atoms with E-state index >= 15 is 0 Å². The topological polar surface area (TPSA) is 94.1 Å². The minimum Gasteiger partial charge on any atom is -0.366 e. The molecule has 3 heterocycles. The smallest absolute Gasteiger partial charge is 0.272 e. The number of aromatic nitrogens is 3. The lowest BCUT2D eigenvalue weighted by molar-refractivity contribution is -0.139. The van der Waals surface area contributed by atoms with Crippen molar-refractivity contribution in [3.05, 3.63) is 30.2 Å². The normalized spacial score (nSPS) is 18.8.